The first-order valence-corrected chi connectivity index (χ1v) is 9.09. The molecule has 2 aromatic rings. The summed E-state index contributed by atoms with van der Waals surface area (Å²) >= 11 is 9.54. The van der Waals surface area contributed by atoms with Crippen LogP contribution in [0, 0.1) is 5.82 Å². The lowest BCUT2D eigenvalue weighted by molar-refractivity contribution is 0.598. The predicted molar refractivity (Wildman–Crippen MR) is 86.8 cm³/mol. The minimum absolute atomic E-state index is 0.0239. The smallest absolute Gasteiger partial charge is 0.263 e. The number of hydrogen-bond acceptors (Lipinski definition) is 2. The van der Waals surface area contributed by atoms with Crippen molar-refractivity contribution < 1.29 is 12.8 Å². The van der Waals surface area contributed by atoms with Crippen molar-refractivity contribution in [1.29, 1.82) is 0 Å². The molecule has 0 aliphatic heterocycles. The Morgan fingerprint density at radius 2 is 1.70 bits per heavy atom. The summed E-state index contributed by atoms with van der Waals surface area (Å²) < 4.78 is 42.0. The van der Waals surface area contributed by atoms with Crippen molar-refractivity contribution in [1.82, 2.24) is 0 Å². The zero-order valence-corrected chi connectivity index (χ0v) is 15.3. The molecule has 1 N–H and O–H groups in total. The van der Waals surface area contributed by atoms with E-state index in [4.69, 9.17) is 0 Å². The molecule has 0 heterocycles. The summed E-state index contributed by atoms with van der Waals surface area (Å²) in [6.45, 7) is 0. The second-order valence-electron chi connectivity index (χ2n) is 3.78. The Morgan fingerprint density at radius 3 is 2.30 bits per heavy atom. The summed E-state index contributed by atoms with van der Waals surface area (Å²) in [6.07, 6.45) is 0. The van der Waals surface area contributed by atoms with Crippen molar-refractivity contribution in [3.8, 4) is 0 Å². The third kappa shape index (κ3) is 3.41. The molecule has 0 atom stereocenters. The molecule has 0 fully saturated rings. The van der Waals surface area contributed by atoms with Crippen LogP contribution in [0.15, 0.2) is 54.7 Å². The third-order valence-electron chi connectivity index (χ3n) is 2.38. The molecule has 2 rings (SSSR count). The van der Waals surface area contributed by atoms with Gasteiger partial charge in [0.05, 0.1) is 5.69 Å². The van der Waals surface area contributed by atoms with Crippen LogP contribution in [0.5, 0.6) is 0 Å². The van der Waals surface area contributed by atoms with Crippen LogP contribution in [-0.4, -0.2) is 8.42 Å². The van der Waals surface area contributed by atoms with Gasteiger partial charge in [0.25, 0.3) is 10.0 Å². The van der Waals surface area contributed by atoms with E-state index in [1.54, 1.807) is 18.2 Å². The molecule has 0 radical (unpaired) electrons. The Morgan fingerprint density at radius 1 is 1.00 bits per heavy atom. The van der Waals surface area contributed by atoms with Crippen LogP contribution in [0.3, 0.4) is 0 Å². The molecule has 0 amide bonds. The van der Waals surface area contributed by atoms with E-state index >= 15 is 0 Å². The molecule has 0 aliphatic carbocycles. The van der Waals surface area contributed by atoms with E-state index in [1.807, 2.05) is 0 Å². The van der Waals surface area contributed by atoms with Crippen molar-refractivity contribution in [3.63, 3.8) is 0 Å². The number of anilines is 1. The number of sulfonamides is 1. The molecule has 106 valence electrons. The van der Waals surface area contributed by atoms with Crippen LogP contribution in [0.1, 0.15) is 0 Å². The summed E-state index contributed by atoms with van der Waals surface area (Å²) in [5.74, 6) is -0.656. The second kappa shape index (κ2) is 6.13. The van der Waals surface area contributed by atoms with Crippen LogP contribution in [0.25, 0.3) is 0 Å². The van der Waals surface area contributed by atoms with Gasteiger partial charge in [0.2, 0.25) is 0 Å². The Labute approximate surface area is 141 Å². The molecule has 2 aromatic carbocycles. The van der Waals surface area contributed by atoms with Gasteiger partial charge in [-0.1, -0.05) is 22.0 Å². The lowest BCUT2D eigenvalue weighted by Gasteiger charge is -2.12. The zero-order chi connectivity index (χ0) is 14.9. The summed E-state index contributed by atoms with van der Waals surface area (Å²) in [5, 5.41) is 0. The molecule has 8 heteroatoms. The highest BCUT2D eigenvalue weighted by atomic mass is 79.9. The maximum absolute atomic E-state index is 13.7. The largest absolute Gasteiger partial charge is 0.275 e. The van der Waals surface area contributed by atoms with Crippen molar-refractivity contribution in [2.75, 3.05) is 4.72 Å². The van der Waals surface area contributed by atoms with Gasteiger partial charge in [0.15, 0.2) is 0 Å². The average molecular weight is 488 g/mol. The van der Waals surface area contributed by atoms with Gasteiger partial charge in [-0.05, 0) is 62.2 Å². The van der Waals surface area contributed by atoms with Crippen molar-refractivity contribution >= 4 is 63.5 Å². The maximum atomic E-state index is 13.7. The van der Waals surface area contributed by atoms with E-state index in [0.717, 1.165) is 4.47 Å². The first-order chi connectivity index (χ1) is 9.31. The molecular formula is C12H7Br3FNO2S. The number of benzene rings is 2. The standard InChI is InChI=1S/C12H7Br3FNO2S/c13-7-4-5-11(9(15)6-7)20(18,19)17-12-8(14)2-1-3-10(12)16/h1-6,17H. The molecule has 0 aromatic heterocycles. The summed E-state index contributed by atoms with van der Waals surface area (Å²) in [7, 11) is -3.89. The van der Waals surface area contributed by atoms with Gasteiger partial charge in [-0.3, -0.25) is 4.72 Å². The van der Waals surface area contributed by atoms with Crippen LogP contribution < -0.4 is 4.72 Å². The Hall–Kier alpha value is -0.440. The highest BCUT2D eigenvalue weighted by Crippen LogP contribution is 2.31. The number of nitrogens with one attached hydrogen (secondary N) is 1. The predicted octanol–water partition coefficient (Wildman–Crippen LogP) is 4.91. The quantitative estimate of drug-likeness (QED) is 0.668. The topological polar surface area (TPSA) is 46.2 Å². The van der Waals surface area contributed by atoms with E-state index in [2.05, 4.69) is 52.5 Å². The third-order valence-corrected chi connectivity index (χ3v) is 5.86. The van der Waals surface area contributed by atoms with Gasteiger partial charge in [0.1, 0.15) is 10.7 Å². The van der Waals surface area contributed by atoms with E-state index in [-0.39, 0.29) is 10.6 Å². The maximum Gasteiger partial charge on any atom is 0.263 e. The van der Waals surface area contributed by atoms with Crippen LogP contribution >= 0.6 is 47.8 Å². The Kier molecular flexibility index (Phi) is 4.88. The minimum Gasteiger partial charge on any atom is -0.275 e. The lowest BCUT2D eigenvalue weighted by Crippen LogP contribution is -2.15. The molecule has 0 spiro atoms. The lowest BCUT2D eigenvalue weighted by atomic mass is 10.3. The molecule has 0 bridgehead atoms. The highest BCUT2D eigenvalue weighted by Gasteiger charge is 2.20. The molecule has 0 aliphatic rings. The molecular weight excluding hydrogens is 481 g/mol. The normalized spacial score (nSPS) is 11.4. The van der Waals surface area contributed by atoms with Gasteiger partial charge in [-0.15, -0.1) is 0 Å². The zero-order valence-electron chi connectivity index (χ0n) is 9.70. The summed E-state index contributed by atoms with van der Waals surface area (Å²) in [5.41, 5.74) is -0.123. The van der Waals surface area contributed by atoms with Gasteiger partial charge < -0.3 is 0 Å². The van der Waals surface area contributed by atoms with Gasteiger partial charge in [-0.2, -0.15) is 0 Å². The summed E-state index contributed by atoms with van der Waals surface area (Å²) in [4.78, 5) is 0.0239. The van der Waals surface area contributed by atoms with Gasteiger partial charge in [-0.25, -0.2) is 12.8 Å². The number of halogens is 4. The van der Waals surface area contributed by atoms with Gasteiger partial charge >= 0.3 is 0 Å². The fraction of sp³-hybridized carbons (Fsp3) is 0. The number of rotatable bonds is 3. The first kappa shape index (κ1) is 15.9. The monoisotopic (exact) mass is 485 g/mol. The fourth-order valence-corrected chi connectivity index (χ4v) is 4.89. The molecule has 3 nitrogen and oxygen atoms in total. The van der Waals surface area contributed by atoms with E-state index < -0.39 is 15.8 Å². The SMILES string of the molecule is O=S(=O)(Nc1c(F)cccc1Br)c1ccc(Br)cc1Br. The van der Waals surface area contributed by atoms with Gasteiger partial charge in [0, 0.05) is 13.4 Å². The number of hydrogen-bond donors (Lipinski definition) is 1. The Bertz CT molecular complexity index is 745. The van der Waals surface area contributed by atoms with Crippen molar-refractivity contribution in [2.24, 2.45) is 0 Å². The molecule has 0 saturated carbocycles. The van der Waals surface area contributed by atoms with Crippen LogP contribution in [0.2, 0.25) is 0 Å². The second-order valence-corrected chi connectivity index (χ2v) is 8.05. The Balaban J connectivity index is 2.46. The first-order valence-electron chi connectivity index (χ1n) is 5.23. The van der Waals surface area contributed by atoms with E-state index in [0.29, 0.717) is 8.95 Å². The summed E-state index contributed by atoms with van der Waals surface area (Å²) in [6, 6.07) is 8.83. The van der Waals surface area contributed by atoms with Crippen LogP contribution in [-0.2, 0) is 10.0 Å². The van der Waals surface area contributed by atoms with E-state index in [9.17, 15) is 12.8 Å². The molecule has 0 unspecified atom stereocenters. The molecule has 0 saturated heterocycles. The van der Waals surface area contributed by atoms with Crippen LogP contribution in [0.4, 0.5) is 10.1 Å². The average Bonchev–Trinajstić information content (AvgIpc) is 2.33. The molecule has 20 heavy (non-hydrogen) atoms. The highest BCUT2D eigenvalue weighted by molar-refractivity contribution is 9.11. The van der Waals surface area contributed by atoms with E-state index in [1.165, 1.54) is 18.2 Å². The number of para-hydroxylation sites is 1. The van der Waals surface area contributed by atoms with Crippen molar-refractivity contribution in [3.05, 3.63) is 55.6 Å². The fourth-order valence-electron chi connectivity index (χ4n) is 1.48. The van der Waals surface area contributed by atoms with Crippen molar-refractivity contribution in [2.45, 2.75) is 4.90 Å². The minimum atomic E-state index is -3.89.